The van der Waals surface area contributed by atoms with Gasteiger partial charge in [0.25, 0.3) is 5.91 Å². The Morgan fingerprint density at radius 3 is 2.38 bits per heavy atom. The normalized spacial score (nSPS) is 20.4. The molecule has 2 amide bonds. The maximum atomic E-state index is 12.6. The van der Waals surface area contributed by atoms with Gasteiger partial charge in [-0.15, -0.1) is 0 Å². The third kappa shape index (κ3) is 6.53. The molecule has 3 atom stereocenters. The molecule has 0 spiro atoms. The summed E-state index contributed by atoms with van der Waals surface area (Å²) in [5.41, 5.74) is 6.30. The lowest BCUT2D eigenvalue weighted by atomic mass is 9.97. The van der Waals surface area contributed by atoms with Crippen molar-refractivity contribution in [1.82, 2.24) is 10.2 Å². The van der Waals surface area contributed by atoms with Crippen LogP contribution < -0.4 is 15.8 Å². The number of halogens is 1. The van der Waals surface area contributed by atoms with Crippen LogP contribution in [0.15, 0.2) is 48.5 Å². The third-order valence-electron chi connectivity index (χ3n) is 6.76. The lowest BCUT2D eigenvalue weighted by Gasteiger charge is -2.25. The number of rotatable bonds is 9. The number of hydrogen-bond acceptors (Lipinski definition) is 7. The molecular weight excluding hydrogens is 498 g/mol. The molecule has 2 saturated heterocycles. The molecule has 2 fully saturated rings. The van der Waals surface area contributed by atoms with Crippen LogP contribution in [-0.4, -0.2) is 59.9 Å². The van der Waals surface area contributed by atoms with Gasteiger partial charge in [-0.1, -0.05) is 23.7 Å². The van der Waals surface area contributed by atoms with E-state index in [0.717, 1.165) is 24.8 Å². The molecular formula is C27H32ClN3O6. The lowest BCUT2D eigenvalue weighted by molar-refractivity contribution is -0.168. The maximum Gasteiger partial charge on any atom is 0.413 e. The summed E-state index contributed by atoms with van der Waals surface area (Å²) in [5, 5.41) is 3.45. The van der Waals surface area contributed by atoms with Crippen LogP contribution in [0.4, 0.5) is 4.79 Å². The fourth-order valence-electron chi connectivity index (χ4n) is 4.79. The van der Waals surface area contributed by atoms with E-state index < -0.39 is 24.5 Å². The van der Waals surface area contributed by atoms with Crippen LogP contribution in [-0.2, 0) is 20.7 Å². The van der Waals surface area contributed by atoms with Gasteiger partial charge < -0.3 is 30.2 Å². The van der Waals surface area contributed by atoms with E-state index in [2.05, 4.69) is 5.32 Å². The largest absolute Gasteiger partial charge is 0.476 e. The molecule has 2 aliphatic heterocycles. The fraction of sp³-hybridized carbons (Fsp3) is 0.444. The smallest absolute Gasteiger partial charge is 0.413 e. The first-order chi connectivity index (χ1) is 17.6. The number of carbonyl (C=O) groups excluding carboxylic acids is 3. The second kappa shape index (κ2) is 11.4. The minimum atomic E-state index is -1.30. The molecule has 2 heterocycles. The molecule has 37 heavy (non-hydrogen) atoms. The van der Waals surface area contributed by atoms with Gasteiger partial charge in [0.15, 0.2) is 5.60 Å². The fourth-order valence-corrected chi connectivity index (χ4v) is 4.91. The topological polar surface area (TPSA) is 120 Å². The number of carbonyl (C=O) groups is 3. The van der Waals surface area contributed by atoms with Gasteiger partial charge in [-0.05, 0) is 81.5 Å². The van der Waals surface area contributed by atoms with Gasteiger partial charge in [0.2, 0.25) is 6.79 Å². The van der Waals surface area contributed by atoms with Gasteiger partial charge >= 0.3 is 12.1 Å². The van der Waals surface area contributed by atoms with E-state index in [1.807, 2.05) is 12.1 Å². The van der Waals surface area contributed by atoms with Crippen molar-refractivity contribution in [2.45, 2.75) is 63.3 Å². The molecule has 198 valence electrons. The predicted molar refractivity (Wildman–Crippen MR) is 137 cm³/mol. The molecule has 0 saturated carbocycles. The van der Waals surface area contributed by atoms with Gasteiger partial charge in [0.05, 0.1) is 6.04 Å². The van der Waals surface area contributed by atoms with Crippen LogP contribution in [0.1, 0.15) is 49.0 Å². The van der Waals surface area contributed by atoms with Gasteiger partial charge in [0, 0.05) is 29.2 Å². The van der Waals surface area contributed by atoms with Gasteiger partial charge in [-0.25, -0.2) is 9.59 Å². The van der Waals surface area contributed by atoms with Gasteiger partial charge in [-0.3, -0.25) is 4.79 Å². The van der Waals surface area contributed by atoms with Crippen LogP contribution in [0, 0.1) is 0 Å². The number of nitrogens with zero attached hydrogens (tertiary/aromatic N) is 1. The Hall–Kier alpha value is -3.30. The first-order valence-corrected chi connectivity index (χ1v) is 12.7. The highest BCUT2D eigenvalue weighted by Crippen LogP contribution is 2.37. The minimum absolute atomic E-state index is 0.00398. The van der Waals surface area contributed by atoms with E-state index in [1.165, 1.54) is 0 Å². The Labute approximate surface area is 221 Å². The van der Waals surface area contributed by atoms with Gasteiger partial charge in [0.1, 0.15) is 5.75 Å². The SMILES string of the molecule is CC(C)(Oc1ccc(CCNC(=O)c2ccc(Cl)cc2)cc1)C(=O)OCOC(=O)N1[C@H]2CC[C@@H]1[C@@H](N)C2. The standard InChI is InChI=1S/C27H32ClN3O6/c1-27(2,25(33)35-16-36-26(34)31-20-9-12-23(31)22(29)15-20)37-21-10-3-17(4-11-21)13-14-30-24(32)18-5-7-19(28)8-6-18/h3-8,10-11,20,22-23H,9,12-16,29H2,1-2H3,(H,30,32)/t20-,22-,23+/m0/s1. The summed E-state index contributed by atoms with van der Waals surface area (Å²) in [6.45, 7) is 3.13. The van der Waals surface area contributed by atoms with E-state index in [0.29, 0.717) is 29.3 Å². The third-order valence-corrected chi connectivity index (χ3v) is 7.01. The van der Waals surface area contributed by atoms with Crippen LogP contribution >= 0.6 is 11.6 Å². The van der Waals surface area contributed by atoms with Crippen molar-refractivity contribution in [3.05, 3.63) is 64.7 Å². The summed E-state index contributed by atoms with van der Waals surface area (Å²) in [6.07, 6.45) is 2.69. The monoisotopic (exact) mass is 529 g/mol. The van der Waals surface area contributed by atoms with E-state index in [9.17, 15) is 14.4 Å². The summed E-state index contributed by atoms with van der Waals surface area (Å²) in [5.74, 6) is -0.343. The zero-order chi connectivity index (χ0) is 26.6. The summed E-state index contributed by atoms with van der Waals surface area (Å²) >= 11 is 5.85. The van der Waals surface area contributed by atoms with Crippen molar-refractivity contribution in [2.24, 2.45) is 5.73 Å². The molecule has 2 bridgehead atoms. The van der Waals surface area contributed by atoms with Crippen molar-refractivity contribution in [2.75, 3.05) is 13.3 Å². The molecule has 2 aromatic rings. The first kappa shape index (κ1) is 26.8. The number of fused-ring (bicyclic) bond motifs is 2. The number of amides is 2. The molecule has 9 nitrogen and oxygen atoms in total. The average Bonchev–Trinajstić information content (AvgIpc) is 3.42. The van der Waals surface area contributed by atoms with E-state index in [1.54, 1.807) is 55.1 Å². The second-order valence-electron chi connectivity index (χ2n) is 9.83. The second-order valence-corrected chi connectivity index (χ2v) is 10.3. The summed E-state index contributed by atoms with van der Waals surface area (Å²) in [6, 6.07) is 14.0. The molecule has 3 N–H and O–H groups in total. The maximum absolute atomic E-state index is 12.6. The van der Waals surface area contributed by atoms with E-state index in [-0.39, 0.29) is 24.0 Å². The quantitative estimate of drug-likeness (QED) is 0.375. The van der Waals surface area contributed by atoms with E-state index >= 15 is 0 Å². The number of ether oxygens (including phenoxy) is 3. The lowest BCUT2D eigenvalue weighted by Crippen LogP contribution is -2.42. The Balaban J connectivity index is 1.19. The number of nitrogens with two attached hydrogens (primary N) is 1. The average molecular weight is 530 g/mol. The van der Waals surface area contributed by atoms with Crippen molar-refractivity contribution in [1.29, 1.82) is 0 Å². The van der Waals surface area contributed by atoms with Crippen LogP contribution in [0.3, 0.4) is 0 Å². The molecule has 0 radical (unpaired) electrons. The van der Waals surface area contributed by atoms with Crippen LogP contribution in [0.25, 0.3) is 0 Å². The Morgan fingerprint density at radius 2 is 1.76 bits per heavy atom. The van der Waals surface area contributed by atoms with Crippen LogP contribution in [0.5, 0.6) is 5.75 Å². The van der Waals surface area contributed by atoms with Crippen molar-refractivity contribution in [3.8, 4) is 5.75 Å². The zero-order valence-electron chi connectivity index (χ0n) is 20.9. The van der Waals surface area contributed by atoms with Crippen molar-refractivity contribution >= 4 is 29.6 Å². The number of benzene rings is 2. The summed E-state index contributed by atoms with van der Waals surface area (Å²) in [7, 11) is 0. The summed E-state index contributed by atoms with van der Waals surface area (Å²) < 4.78 is 16.2. The molecule has 0 aliphatic carbocycles. The number of esters is 1. The number of nitrogens with one attached hydrogen (secondary N) is 1. The minimum Gasteiger partial charge on any atom is -0.476 e. The zero-order valence-corrected chi connectivity index (χ0v) is 21.7. The Bertz CT molecular complexity index is 1120. The Morgan fingerprint density at radius 1 is 1.05 bits per heavy atom. The molecule has 2 aromatic carbocycles. The van der Waals surface area contributed by atoms with Gasteiger partial charge in [-0.2, -0.15) is 0 Å². The summed E-state index contributed by atoms with van der Waals surface area (Å²) in [4.78, 5) is 38.8. The Kier molecular flexibility index (Phi) is 8.24. The molecule has 2 aliphatic rings. The highest BCUT2D eigenvalue weighted by Gasteiger charge is 2.48. The first-order valence-electron chi connectivity index (χ1n) is 12.3. The van der Waals surface area contributed by atoms with Crippen molar-refractivity contribution < 1.29 is 28.6 Å². The predicted octanol–water partition coefficient (Wildman–Crippen LogP) is 3.67. The highest BCUT2D eigenvalue weighted by molar-refractivity contribution is 6.30. The molecule has 0 unspecified atom stereocenters. The molecule has 4 rings (SSSR count). The van der Waals surface area contributed by atoms with Crippen molar-refractivity contribution in [3.63, 3.8) is 0 Å². The van der Waals surface area contributed by atoms with E-state index in [4.69, 9.17) is 31.5 Å². The highest BCUT2D eigenvalue weighted by atomic mass is 35.5. The molecule has 0 aromatic heterocycles. The molecule has 10 heteroatoms. The van der Waals surface area contributed by atoms with Crippen LogP contribution in [0.2, 0.25) is 5.02 Å². The number of hydrogen-bond donors (Lipinski definition) is 2.